The Morgan fingerprint density at radius 1 is 1.07 bits per heavy atom. The van der Waals surface area contributed by atoms with E-state index in [0.717, 1.165) is 41.8 Å². The number of thiazole rings is 1. The third kappa shape index (κ3) is 2.74. The second kappa shape index (κ2) is 7.16. The van der Waals surface area contributed by atoms with Gasteiger partial charge in [-0.15, -0.1) is 11.3 Å². The summed E-state index contributed by atoms with van der Waals surface area (Å²) in [4.78, 5) is 34.0. The third-order valence-corrected chi connectivity index (χ3v) is 8.13. The van der Waals surface area contributed by atoms with Crippen LogP contribution in [0.5, 0.6) is 0 Å². The first-order chi connectivity index (χ1) is 14.4. The summed E-state index contributed by atoms with van der Waals surface area (Å²) >= 11 is 1.46. The maximum Gasteiger partial charge on any atom is 0.240 e. The molecular formula is C25H28N2O2S. The molecule has 2 aliphatic carbocycles. The van der Waals surface area contributed by atoms with Gasteiger partial charge in [-0.3, -0.25) is 9.59 Å². The van der Waals surface area contributed by atoms with E-state index in [-0.39, 0.29) is 35.5 Å². The summed E-state index contributed by atoms with van der Waals surface area (Å²) in [5, 5.41) is 0.544. The molecule has 2 amide bonds. The Labute approximate surface area is 182 Å². The smallest absolute Gasteiger partial charge is 0.240 e. The van der Waals surface area contributed by atoms with Gasteiger partial charge < -0.3 is 0 Å². The lowest BCUT2D eigenvalue weighted by Gasteiger charge is -2.18. The minimum Gasteiger partial charge on any atom is -0.274 e. The van der Waals surface area contributed by atoms with E-state index in [1.807, 2.05) is 6.92 Å². The highest BCUT2D eigenvalue weighted by molar-refractivity contribution is 7.16. The lowest BCUT2D eigenvalue weighted by molar-refractivity contribution is -0.123. The van der Waals surface area contributed by atoms with Crippen molar-refractivity contribution in [2.75, 3.05) is 4.90 Å². The topological polar surface area (TPSA) is 50.3 Å². The van der Waals surface area contributed by atoms with E-state index in [2.05, 4.69) is 45.0 Å². The van der Waals surface area contributed by atoms with Gasteiger partial charge >= 0.3 is 0 Å². The maximum atomic E-state index is 13.4. The van der Waals surface area contributed by atoms with Crippen molar-refractivity contribution in [1.29, 1.82) is 0 Å². The number of anilines is 1. The van der Waals surface area contributed by atoms with Crippen LogP contribution in [0.25, 0.3) is 11.3 Å². The lowest BCUT2D eigenvalue weighted by atomic mass is 9.81. The Hall–Kier alpha value is -2.27. The van der Waals surface area contributed by atoms with Crippen LogP contribution in [0.15, 0.2) is 35.4 Å². The van der Waals surface area contributed by atoms with Gasteiger partial charge in [0.2, 0.25) is 11.8 Å². The predicted molar refractivity (Wildman–Crippen MR) is 120 cm³/mol. The molecule has 4 atom stereocenters. The van der Waals surface area contributed by atoms with Crippen LogP contribution < -0.4 is 4.90 Å². The third-order valence-electron chi connectivity index (χ3n) is 7.17. The van der Waals surface area contributed by atoms with Gasteiger partial charge in [0.15, 0.2) is 5.13 Å². The number of hydrogen-bond acceptors (Lipinski definition) is 4. The Morgan fingerprint density at radius 3 is 2.20 bits per heavy atom. The first-order valence-electron chi connectivity index (χ1n) is 11.0. The molecular weight excluding hydrogens is 392 g/mol. The zero-order valence-electron chi connectivity index (χ0n) is 18.1. The van der Waals surface area contributed by atoms with E-state index in [9.17, 15) is 9.59 Å². The van der Waals surface area contributed by atoms with Crippen LogP contribution in [0.4, 0.5) is 5.13 Å². The molecule has 1 aromatic heterocycles. The van der Waals surface area contributed by atoms with Gasteiger partial charge in [-0.2, -0.15) is 0 Å². The summed E-state index contributed by atoms with van der Waals surface area (Å²) in [7, 11) is 0. The molecule has 3 aliphatic rings. The number of fused-ring (bicyclic) bond motifs is 5. The number of benzene rings is 1. The van der Waals surface area contributed by atoms with Gasteiger partial charge in [0.05, 0.1) is 17.5 Å². The summed E-state index contributed by atoms with van der Waals surface area (Å²) in [6, 6.07) is 8.49. The van der Waals surface area contributed by atoms with Crippen molar-refractivity contribution in [3.63, 3.8) is 0 Å². The van der Waals surface area contributed by atoms with Crippen molar-refractivity contribution >= 4 is 28.3 Å². The second-order valence-electron chi connectivity index (χ2n) is 9.16. The van der Waals surface area contributed by atoms with Gasteiger partial charge in [0, 0.05) is 10.4 Å². The molecule has 1 aromatic carbocycles. The van der Waals surface area contributed by atoms with Gasteiger partial charge in [-0.25, -0.2) is 9.88 Å². The average molecular weight is 421 g/mol. The Kier molecular flexibility index (Phi) is 4.69. The Balaban J connectivity index is 1.47. The van der Waals surface area contributed by atoms with Crippen LogP contribution in [-0.4, -0.2) is 16.8 Å². The molecule has 2 aromatic rings. The monoisotopic (exact) mass is 420 g/mol. The van der Waals surface area contributed by atoms with Crippen molar-refractivity contribution in [3.8, 4) is 11.3 Å². The standard InChI is InChI=1S/C25H28N2O2S/c1-5-6-15-7-9-16(10-8-15)22-14(4)30-25(26-22)27-23(28)20-17-11-12-18(19(17)13(2)3)21(20)24(27)29/h7-10,17-18,20-21H,5-6,11-12H2,1-4H3/t17-,18-,20+,21+/m0/s1. The number of carbonyl (C=O) groups is 2. The summed E-state index contributed by atoms with van der Waals surface area (Å²) < 4.78 is 0. The van der Waals surface area contributed by atoms with Crippen molar-refractivity contribution in [2.24, 2.45) is 23.7 Å². The normalized spacial score (nSPS) is 27.3. The largest absolute Gasteiger partial charge is 0.274 e. The van der Waals surface area contributed by atoms with Gasteiger partial charge in [0.1, 0.15) is 0 Å². The average Bonchev–Trinajstić information content (AvgIpc) is 3.44. The zero-order valence-corrected chi connectivity index (χ0v) is 18.9. The first-order valence-corrected chi connectivity index (χ1v) is 11.9. The molecule has 5 heteroatoms. The molecule has 0 radical (unpaired) electrons. The molecule has 156 valence electrons. The minimum atomic E-state index is -0.179. The fraction of sp³-hybridized carbons (Fsp3) is 0.480. The number of amides is 2. The van der Waals surface area contributed by atoms with Crippen LogP contribution in [0.1, 0.15) is 50.5 Å². The highest BCUT2D eigenvalue weighted by Gasteiger charge is 2.64. The van der Waals surface area contributed by atoms with Gasteiger partial charge in [-0.05, 0) is 57.4 Å². The molecule has 0 N–H and O–H groups in total. The number of rotatable bonds is 4. The van der Waals surface area contributed by atoms with Crippen LogP contribution in [-0.2, 0) is 16.0 Å². The van der Waals surface area contributed by atoms with Gasteiger partial charge in [0.25, 0.3) is 0 Å². The lowest BCUT2D eigenvalue weighted by Crippen LogP contribution is -2.33. The molecule has 0 unspecified atom stereocenters. The summed E-state index contributed by atoms with van der Waals surface area (Å²) in [5.74, 6) is 0.0736. The fourth-order valence-corrected chi connectivity index (χ4v) is 6.99. The van der Waals surface area contributed by atoms with Crippen LogP contribution in [0.3, 0.4) is 0 Å². The molecule has 30 heavy (non-hydrogen) atoms. The van der Waals surface area contributed by atoms with E-state index in [1.54, 1.807) is 0 Å². The minimum absolute atomic E-state index is 0.0328. The molecule has 1 aliphatic heterocycles. The van der Waals surface area contributed by atoms with Crippen molar-refractivity contribution in [2.45, 2.75) is 53.4 Å². The predicted octanol–water partition coefficient (Wildman–Crippen LogP) is 5.55. The quantitative estimate of drug-likeness (QED) is 0.481. The zero-order chi connectivity index (χ0) is 21.2. The van der Waals surface area contributed by atoms with Crippen LogP contribution in [0.2, 0.25) is 0 Å². The van der Waals surface area contributed by atoms with Crippen molar-refractivity contribution in [1.82, 2.24) is 4.98 Å². The molecule has 2 saturated carbocycles. The number of nitrogens with zero attached hydrogens (tertiary/aromatic N) is 2. The molecule has 1 saturated heterocycles. The fourth-order valence-electron chi connectivity index (χ4n) is 6.04. The van der Waals surface area contributed by atoms with Crippen molar-refractivity contribution < 1.29 is 9.59 Å². The molecule has 2 bridgehead atoms. The van der Waals surface area contributed by atoms with E-state index in [0.29, 0.717) is 5.13 Å². The van der Waals surface area contributed by atoms with Gasteiger partial charge in [-0.1, -0.05) is 48.8 Å². The summed E-state index contributed by atoms with van der Waals surface area (Å²) in [5.41, 5.74) is 5.92. The van der Waals surface area contributed by atoms with Crippen LogP contribution in [0, 0.1) is 30.6 Å². The Bertz CT molecular complexity index is 1030. The number of imide groups is 1. The highest BCUT2D eigenvalue weighted by atomic mass is 32.1. The number of aryl methyl sites for hydroxylation is 2. The van der Waals surface area contributed by atoms with E-state index < -0.39 is 0 Å². The summed E-state index contributed by atoms with van der Waals surface area (Å²) in [6.07, 6.45) is 4.26. The van der Waals surface area contributed by atoms with E-state index >= 15 is 0 Å². The van der Waals surface area contributed by atoms with Crippen LogP contribution >= 0.6 is 11.3 Å². The molecule has 3 fully saturated rings. The number of allylic oxidation sites excluding steroid dienone is 2. The molecule has 4 nitrogen and oxygen atoms in total. The Morgan fingerprint density at radius 2 is 1.67 bits per heavy atom. The number of carbonyl (C=O) groups excluding carboxylic acids is 2. The van der Waals surface area contributed by atoms with Crippen molar-refractivity contribution in [3.05, 3.63) is 45.9 Å². The molecule has 5 rings (SSSR count). The maximum absolute atomic E-state index is 13.4. The van der Waals surface area contributed by atoms with E-state index in [4.69, 9.17) is 4.98 Å². The SMILES string of the molecule is CCCc1ccc(-c2nc(N3C(=O)[C@H]4[C@H](C3=O)[C@H]3CC[C@H]4C3=C(C)C)sc2C)cc1. The number of hydrogen-bond donors (Lipinski definition) is 0. The first kappa shape index (κ1) is 19.7. The molecule has 2 heterocycles. The number of aromatic nitrogens is 1. The van der Waals surface area contributed by atoms with E-state index in [1.165, 1.54) is 32.9 Å². The summed E-state index contributed by atoms with van der Waals surface area (Å²) in [6.45, 7) is 8.44. The second-order valence-corrected chi connectivity index (χ2v) is 10.3. The molecule has 0 spiro atoms. The highest BCUT2D eigenvalue weighted by Crippen LogP contribution is 2.60.